The topological polar surface area (TPSA) is 111 Å². The average Bonchev–Trinajstić information content (AvgIpc) is 2.55. The summed E-state index contributed by atoms with van der Waals surface area (Å²) < 4.78 is 0. The number of benzene rings is 1. The van der Waals surface area contributed by atoms with Crippen LogP contribution in [0.4, 0.5) is 10.5 Å². The molecule has 0 radical (unpaired) electrons. The standard InChI is InChI=1S/C15H20N4O4.ClH/c20-13(21)4-5-17-14(22)11-2-1-3-12(10-11)18-15(23)19-8-6-16-7-9-19;/h1-3,10,16H,4-9H2,(H,17,22)(H,18,23)(H,20,21);1H. The van der Waals surface area contributed by atoms with Crippen molar-refractivity contribution < 1.29 is 19.5 Å². The van der Waals surface area contributed by atoms with Gasteiger partial charge in [-0.25, -0.2) is 4.79 Å². The Hall–Kier alpha value is -2.32. The third-order valence-corrected chi connectivity index (χ3v) is 3.40. The molecule has 4 N–H and O–H groups in total. The largest absolute Gasteiger partial charge is 0.481 e. The van der Waals surface area contributed by atoms with Crippen LogP contribution in [-0.2, 0) is 4.79 Å². The van der Waals surface area contributed by atoms with Crippen molar-refractivity contribution in [3.8, 4) is 0 Å². The van der Waals surface area contributed by atoms with Crippen LogP contribution in [-0.4, -0.2) is 60.6 Å². The number of rotatable bonds is 5. The maximum absolute atomic E-state index is 12.1. The van der Waals surface area contributed by atoms with Gasteiger partial charge < -0.3 is 26.0 Å². The van der Waals surface area contributed by atoms with Crippen LogP contribution in [0.1, 0.15) is 16.8 Å². The van der Waals surface area contributed by atoms with Crippen LogP contribution in [0.5, 0.6) is 0 Å². The van der Waals surface area contributed by atoms with Crippen molar-refractivity contribution in [2.45, 2.75) is 6.42 Å². The van der Waals surface area contributed by atoms with E-state index in [9.17, 15) is 14.4 Å². The molecule has 0 bridgehead atoms. The number of carbonyl (C=O) groups excluding carboxylic acids is 2. The van der Waals surface area contributed by atoms with Gasteiger partial charge in [-0.2, -0.15) is 0 Å². The number of nitrogens with one attached hydrogen (secondary N) is 3. The number of nitrogens with zero attached hydrogens (tertiary/aromatic N) is 1. The molecular weight excluding hydrogens is 336 g/mol. The minimum absolute atomic E-state index is 0. The molecule has 1 heterocycles. The summed E-state index contributed by atoms with van der Waals surface area (Å²) in [6.45, 7) is 2.87. The minimum Gasteiger partial charge on any atom is -0.481 e. The van der Waals surface area contributed by atoms with Crippen LogP contribution in [0.25, 0.3) is 0 Å². The van der Waals surface area contributed by atoms with E-state index in [0.29, 0.717) is 24.3 Å². The van der Waals surface area contributed by atoms with Crippen LogP contribution in [0.3, 0.4) is 0 Å². The third kappa shape index (κ3) is 6.05. The molecule has 1 aliphatic heterocycles. The lowest BCUT2D eigenvalue weighted by Crippen LogP contribution is -2.48. The van der Waals surface area contributed by atoms with Crippen molar-refractivity contribution in [1.29, 1.82) is 0 Å². The predicted octanol–water partition coefficient (Wildman–Crippen LogP) is 0.750. The second-order valence-corrected chi connectivity index (χ2v) is 5.15. The lowest BCUT2D eigenvalue weighted by molar-refractivity contribution is -0.136. The van der Waals surface area contributed by atoms with Gasteiger partial charge in [-0.3, -0.25) is 9.59 Å². The first kappa shape index (κ1) is 19.7. The summed E-state index contributed by atoms with van der Waals surface area (Å²) in [6, 6.07) is 6.34. The van der Waals surface area contributed by atoms with Crippen LogP contribution in [0, 0.1) is 0 Å². The Morgan fingerprint density at radius 2 is 1.92 bits per heavy atom. The fraction of sp³-hybridized carbons (Fsp3) is 0.400. The smallest absolute Gasteiger partial charge is 0.321 e. The second kappa shape index (κ2) is 9.74. The van der Waals surface area contributed by atoms with Gasteiger partial charge in [0.25, 0.3) is 5.91 Å². The number of amides is 3. The number of hydrogen-bond donors (Lipinski definition) is 4. The molecule has 0 aliphatic carbocycles. The van der Waals surface area contributed by atoms with E-state index >= 15 is 0 Å². The number of carbonyl (C=O) groups is 3. The van der Waals surface area contributed by atoms with Crippen molar-refractivity contribution >= 4 is 36.0 Å². The predicted molar refractivity (Wildman–Crippen MR) is 91.7 cm³/mol. The molecule has 0 aromatic heterocycles. The van der Waals surface area contributed by atoms with E-state index in [4.69, 9.17) is 5.11 Å². The Bertz CT molecular complexity index is 591. The summed E-state index contributed by atoms with van der Waals surface area (Å²) in [7, 11) is 0. The van der Waals surface area contributed by atoms with Gasteiger partial charge in [-0.1, -0.05) is 6.07 Å². The van der Waals surface area contributed by atoms with E-state index in [2.05, 4.69) is 16.0 Å². The Labute approximate surface area is 146 Å². The van der Waals surface area contributed by atoms with Crippen LogP contribution < -0.4 is 16.0 Å². The summed E-state index contributed by atoms with van der Waals surface area (Å²) in [5.41, 5.74) is 0.896. The van der Waals surface area contributed by atoms with Crippen molar-refractivity contribution in [2.24, 2.45) is 0 Å². The lowest BCUT2D eigenvalue weighted by Gasteiger charge is -2.27. The zero-order valence-electron chi connectivity index (χ0n) is 13.1. The Kier molecular flexibility index (Phi) is 8.00. The van der Waals surface area contributed by atoms with Gasteiger partial charge in [0.05, 0.1) is 6.42 Å². The Morgan fingerprint density at radius 1 is 1.21 bits per heavy atom. The maximum atomic E-state index is 12.1. The molecule has 1 saturated heterocycles. The second-order valence-electron chi connectivity index (χ2n) is 5.15. The van der Waals surface area contributed by atoms with Crippen molar-refractivity contribution in [2.75, 3.05) is 38.0 Å². The molecule has 132 valence electrons. The average molecular weight is 357 g/mol. The molecule has 3 amide bonds. The minimum atomic E-state index is -0.970. The molecule has 8 nitrogen and oxygen atoms in total. The van der Waals surface area contributed by atoms with E-state index < -0.39 is 5.97 Å². The number of aliphatic carboxylic acids is 1. The lowest BCUT2D eigenvalue weighted by atomic mass is 10.2. The van der Waals surface area contributed by atoms with E-state index in [0.717, 1.165) is 13.1 Å². The zero-order chi connectivity index (χ0) is 16.7. The van der Waals surface area contributed by atoms with Gasteiger partial charge in [-0.15, -0.1) is 12.4 Å². The molecule has 2 rings (SSSR count). The molecule has 1 aromatic rings. The van der Waals surface area contributed by atoms with Crippen LogP contribution >= 0.6 is 12.4 Å². The summed E-state index contributed by atoms with van der Waals surface area (Å²) in [6.07, 6.45) is -0.134. The molecule has 0 saturated carbocycles. The van der Waals surface area contributed by atoms with Crippen molar-refractivity contribution in [3.05, 3.63) is 29.8 Å². The van der Waals surface area contributed by atoms with E-state index in [1.165, 1.54) is 0 Å². The Balaban J connectivity index is 0.00000288. The summed E-state index contributed by atoms with van der Waals surface area (Å²) in [4.78, 5) is 36.2. The number of piperazine rings is 1. The summed E-state index contributed by atoms with van der Waals surface area (Å²) in [5, 5.41) is 17.0. The van der Waals surface area contributed by atoms with E-state index in [-0.39, 0.29) is 37.3 Å². The summed E-state index contributed by atoms with van der Waals surface area (Å²) >= 11 is 0. The van der Waals surface area contributed by atoms with Gasteiger partial charge in [0.2, 0.25) is 0 Å². The van der Waals surface area contributed by atoms with Gasteiger partial charge in [0, 0.05) is 44.0 Å². The van der Waals surface area contributed by atoms with Crippen molar-refractivity contribution in [3.63, 3.8) is 0 Å². The van der Waals surface area contributed by atoms with Gasteiger partial charge in [-0.05, 0) is 18.2 Å². The highest BCUT2D eigenvalue weighted by atomic mass is 35.5. The number of urea groups is 1. The molecular formula is C15H21ClN4O4. The number of carboxylic acid groups (broad SMARTS) is 1. The highest BCUT2D eigenvalue weighted by Crippen LogP contribution is 2.12. The van der Waals surface area contributed by atoms with Gasteiger partial charge >= 0.3 is 12.0 Å². The van der Waals surface area contributed by atoms with Gasteiger partial charge in [0.15, 0.2) is 0 Å². The molecule has 0 unspecified atom stereocenters. The van der Waals surface area contributed by atoms with E-state index in [1.54, 1.807) is 29.2 Å². The maximum Gasteiger partial charge on any atom is 0.321 e. The quantitative estimate of drug-likeness (QED) is 0.622. The van der Waals surface area contributed by atoms with Crippen LogP contribution in [0.2, 0.25) is 0 Å². The summed E-state index contributed by atoms with van der Waals surface area (Å²) in [5.74, 6) is -1.34. The number of halogens is 1. The Morgan fingerprint density at radius 3 is 2.58 bits per heavy atom. The SMILES string of the molecule is Cl.O=C(O)CCNC(=O)c1cccc(NC(=O)N2CCNCC2)c1. The molecule has 0 atom stereocenters. The highest BCUT2D eigenvalue weighted by Gasteiger charge is 2.16. The third-order valence-electron chi connectivity index (χ3n) is 3.40. The fourth-order valence-corrected chi connectivity index (χ4v) is 2.19. The number of carboxylic acids is 1. The molecule has 0 spiro atoms. The molecule has 24 heavy (non-hydrogen) atoms. The first-order chi connectivity index (χ1) is 11.1. The van der Waals surface area contributed by atoms with Crippen LogP contribution in [0.15, 0.2) is 24.3 Å². The molecule has 9 heteroatoms. The fourth-order valence-electron chi connectivity index (χ4n) is 2.19. The highest BCUT2D eigenvalue weighted by molar-refractivity contribution is 5.97. The first-order valence-electron chi connectivity index (χ1n) is 7.43. The zero-order valence-corrected chi connectivity index (χ0v) is 13.9. The normalized spacial score (nSPS) is 13.6. The monoisotopic (exact) mass is 356 g/mol. The first-order valence-corrected chi connectivity index (χ1v) is 7.43. The molecule has 1 aliphatic rings. The molecule has 1 aromatic carbocycles. The van der Waals surface area contributed by atoms with Crippen molar-refractivity contribution in [1.82, 2.24) is 15.5 Å². The number of anilines is 1. The van der Waals surface area contributed by atoms with E-state index in [1.807, 2.05) is 0 Å². The number of hydrogen-bond acceptors (Lipinski definition) is 4. The molecule has 1 fully saturated rings. The van der Waals surface area contributed by atoms with Gasteiger partial charge in [0.1, 0.15) is 0 Å².